The largest absolute Gasteiger partial charge is 0.399 e. The zero-order valence-corrected chi connectivity index (χ0v) is 9.99. The Morgan fingerprint density at radius 1 is 1.50 bits per heavy atom. The summed E-state index contributed by atoms with van der Waals surface area (Å²) in [5.41, 5.74) is 12.4. The van der Waals surface area contributed by atoms with Gasteiger partial charge in [0.05, 0.1) is 12.6 Å². The molecule has 16 heavy (non-hydrogen) atoms. The van der Waals surface area contributed by atoms with Crippen LogP contribution in [0.25, 0.3) is 0 Å². The minimum Gasteiger partial charge on any atom is -0.399 e. The van der Waals surface area contributed by atoms with Gasteiger partial charge in [0, 0.05) is 5.69 Å². The van der Waals surface area contributed by atoms with Gasteiger partial charge in [0.2, 0.25) is 0 Å². The predicted octanol–water partition coefficient (Wildman–Crippen LogP) is 2.43. The molecule has 3 heteroatoms. The average molecular weight is 220 g/mol. The number of nitrogens with one attached hydrogen (secondary N) is 1. The van der Waals surface area contributed by atoms with E-state index in [0.717, 1.165) is 25.1 Å². The van der Waals surface area contributed by atoms with Crippen molar-refractivity contribution in [3.05, 3.63) is 29.3 Å². The molecule has 0 aliphatic heterocycles. The van der Waals surface area contributed by atoms with E-state index < -0.39 is 0 Å². The van der Waals surface area contributed by atoms with Crippen LogP contribution in [0.3, 0.4) is 0 Å². The molecule has 0 heterocycles. The Morgan fingerprint density at radius 2 is 2.31 bits per heavy atom. The van der Waals surface area contributed by atoms with Crippen molar-refractivity contribution >= 4 is 5.69 Å². The average Bonchev–Trinajstić information content (AvgIpc) is 2.60. The molecule has 1 aromatic carbocycles. The van der Waals surface area contributed by atoms with Crippen LogP contribution in [0, 0.1) is 5.92 Å². The molecule has 0 saturated carbocycles. The van der Waals surface area contributed by atoms with Gasteiger partial charge in [-0.15, -0.1) is 0 Å². The van der Waals surface area contributed by atoms with Crippen LogP contribution in [0.2, 0.25) is 0 Å². The second kappa shape index (κ2) is 4.85. The quantitative estimate of drug-likeness (QED) is 0.605. The first-order valence-corrected chi connectivity index (χ1v) is 5.92. The Kier molecular flexibility index (Phi) is 3.46. The van der Waals surface area contributed by atoms with Crippen LogP contribution in [0.4, 0.5) is 5.69 Å². The second-order valence-corrected chi connectivity index (χ2v) is 4.87. The van der Waals surface area contributed by atoms with E-state index in [4.69, 9.17) is 10.6 Å². The maximum atomic E-state index is 5.76. The number of fused-ring (bicyclic) bond motifs is 1. The van der Waals surface area contributed by atoms with Crippen molar-refractivity contribution in [1.29, 1.82) is 0 Å². The lowest BCUT2D eigenvalue weighted by Crippen LogP contribution is -2.22. The lowest BCUT2D eigenvalue weighted by Gasteiger charge is -2.15. The molecule has 1 aliphatic rings. The zero-order valence-electron chi connectivity index (χ0n) is 9.99. The highest BCUT2D eigenvalue weighted by Crippen LogP contribution is 2.32. The van der Waals surface area contributed by atoms with Crippen molar-refractivity contribution in [1.82, 2.24) is 5.48 Å². The lowest BCUT2D eigenvalue weighted by molar-refractivity contribution is 0.000638. The first-order valence-electron chi connectivity index (χ1n) is 5.92. The molecule has 0 saturated heterocycles. The fourth-order valence-electron chi connectivity index (χ4n) is 2.08. The van der Waals surface area contributed by atoms with Gasteiger partial charge in [-0.2, -0.15) is 5.48 Å². The van der Waals surface area contributed by atoms with Crippen LogP contribution in [0.15, 0.2) is 18.2 Å². The highest BCUT2D eigenvalue weighted by molar-refractivity contribution is 5.47. The number of nitrogen functional groups attached to an aromatic ring is 1. The summed E-state index contributed by atoms with van der Waals surface area (Å²) in [6.45, 7) is 5.04. The normalized spacial score (nSPS) is 19.1. The van der Waals surface area contributed by atoms with Gasteiger partial charge in [-0.1, -0.05) is 19.9 Å². The molecule has 0 bridgehead atoms. The molecule has 0 fully saturated rings. The standard InChI is InChI=1S/C13H20N2O/c1-9(2)8-16-15-13-6-3-10-7-11(14)4-5-12(10)13/h4-5,7,9,13,15H,3,6,8,14H2,1-2H3. The van der Waals surface area contributed by atoms with Crippen LogP contribution in [-0.4, -0.2) is 6.61 Å². The van der Waals surface area contributed by atoms with E-state index in [-0.39, 0.29) is 0 Å². The minimum absolute atomic E-state index is 0.328. The summed E-state index contributed by atoms with van der Waals surface area (Å²) < 4.78 is 0. The summed E-state index contributed by atoms with van der Waals surface area (Å²) in [5, 5.41) is 0. The van der Waals surface area contributed by atoms with Crippen LogP contribution < -0.4 is 11.2 Å². The van der Waals surface area contributed by atoms with Crippen LogP contribution in [-0.2, 0) is 11.3 Å². The third-order valence-corrected chi connectivity index (χ3v) is 2.89. The van der Waals surface area contributed by atoms with E-state index >= 15 is 0 Å². The Bertz CT molecular complexity index is 363. The van der Waals surface area contributed by atoms with Crippen LogP contribution in [0.1, 0.15) is 37.4 Å². The zero-order chi connectivity index (χ0) is 11.5. The first-order chi connectivity index (χ1) is 7.66. The Balaban J connectivity index is 1.95. The van der Waals surface area contributed by atoms with E-state index in [0.29, 0.717) is 12.0 Å². The van der Waals surface area contributed by atoms with E-state index in [1.807, 2.05) is 6.07 Å². The molecule has 1 aliphatic carbocycles. The van der Waals surface area contributed by atoms with Crippen molar-refractivity contribution in [2.24, 2.45) is 5.92 Å². The molecule has 3 nitrogen and oxygen atoms in total. The number of aryl methyl sites for hydroxylation is 1. The first kappa shape index (κ1) is 11.4. The van der Waals surface area contributed by atoms with Crippen LogP contribution in [0.5, 0.6) is 0 Å². The topological polar surface area (TPSA) is 47.3 Å². The summed E-state index contributed by atoms with van der Waals surface area (Å²) >= 11 is 0. The highest BCUT2D eigenvalue weighted by atomic mass is 16.6. The number of benzene rings is 1. The smallest absolute Gasteiger partial charge is 0.0705 e. The molecule has 0 amide bonds. The number of nitrogens with two attached hydrogens (primary N) is 1. The van der Waals surface area contributed by atoms with E-state index in [1.54, 1.807) is 0 Å². The fourth-order valence-corrected chi connectivity index (χ4v) is 2.08. The second-order valence-electron chi connectivity index (χ2n) is 4.87. The van der Waals surface area contributed by atoms with Gasteiger partial charge in [0.15, 0.2) is 0 Å². The number of rotatable bonds is 4. The van der Waals surface area contributed by atoms with Crippen molar-refractivity contribution < 1.29 is 4.84 Å². The molecule has 88 valence electrons. The van der Waals surface area contributed by atoms with Crippen molar-refractivity contribution in [2.45, 2.75) is 32.7 Å². The molecule has 1 atom stereocenters. The monoisotopic (exact) mass is 220 g/mol. The molecular weight excluding hydrogens is 200 g/mol. The van der Waals surface area contributed by atoms with Gasteiger partial charge < -0.3 is 10.6 Å². The SMILES string of the molecule is CC(C)CONC1CCc2cc(N)ccc21. The van der Waals surface area contributed by atoms with Gasteiger partial charge in [-0.05, 0) is 42.0 Å². The van der Waals surface area contributed by atoms with Gasteiger partial charge >= 0.3 is 0 Å². The van der Waals surface area contributed by atoms with Crippen molar-refractivity contribution in [2.75, 3.05) is 12.3 Å². The van der Waals surface area contributed by atoms with Crippen LogP contribution >= 0.6 is 0 Å². The van der Waals surface area contributed by atoms with Gasteiger partial charge in [0.25, 0.3) is 0 Å². The molecule has 1 unspecified atom stereocenters. The fraction of sp³-hybridized carbons (Fsp3) is 0.538. The van der Waals surface area contributed by atoms with E-state index in [9.17, 15) is 0 Å². The Labute approximate surface area is 96.9 Å². The summed E-state index contributed by atoms with van der Waals surface area (Å²) in [4.78, 5) is 5.48. The number of hydroxylamine groups is 1. The molecule has 0 spiro atoms. The summed E-state index contributed by atoms with van der Waals surface area (Å²) in [7, 11) is 0. The third-order valence-electron chi connectivity index (χ3n) is 2.89. The lowest BCUT2D eigenvalue weighted by atomic mass is 10.1. The maximum absolute atomic E-state index is 5.76. The third kappa shape index (κ3) is 2.54. The molecule has 0 radical (unpaired) electrons. The number of anilines is 1. The molecule has 3 N–H and O–H groups in total. The molecular formula is C13H20N2O. The minimum atomic E-state index is 0.328. The summed E-state index contributed by atoms with van der Waals surface area (Å²) in [6, 6.07) is 6.46. The predicted molar refractivity (Wildman–Crippen MR) is 65.8 cm³/mol. The van der Waals surface area contributed by atoms with E-state index in [2.05, 4.69) is 31.5 Å². The van der Waals surface area contributed by atoms with Crippen molar-refractivity contribution in [3.63, 3.8) is 0 Å². The van der Waals surface area contributed by atoms with E-state index in [1.165, 1.54) is 11.1 Å². The number of hydrogen-bond donors (Lipinski definition) is 2. The highest BCUT2D eigenvalue weighted by Gasteiger charge is 2.22. The Morgan fingerprint density at radius 3 is 3.06 bits per heavy atom. The van der Waals surface area contributed by atoms with Gasteiger partial charge in [-0.3, -0.25) is 0 Å². The molecule has 2 rings (SSSR count). The maximum Gasteiger partial charge on any atom is 0.0705 e. The molecule has 1 aromatic rings. The van der Waals surface area contributed by atoms with Gasteiger partial charge in [0.1, 0.15) is 0 Å². The summed E-state index contributed by atoms with van der Waals surface area (Å²) in [6.07, 6.45) is 2.18. The van der Waals surface area contributed by atoms with Crippen molar-refractivity contribution in [3.8, 4) is 0 Å². The molecule has 0 aromatic heterocycles. The summed E-state index contributed by atoms with van der Waals surface area (Å²) in [5.74, 6) is 0.555. The number of hydrogen-bond acceptors (Lipinski definition) is 3. The van der Waals surface area contributed by atoms with Gasteiger partial charge in [-0.25, -0.2) is 0 Å². The Hall–Kier alpha value is -1.06.